The molecule has 0 spiro atoms. The fourth-order valence-electron chi connectivity index (χ4n) is 2.81. The highest BCUT2D eigenvalue weighted by Crippen LogP contribution is 2.21. The Morgan fingerprint density at radius 1 is 1.35 bits per heavy atom. The lowest BCUT2D eigenvalue weighted by molar-refractivity contribution is -0.0132. The van der Waals surface area contributed by atoms with E-state index in [0.717, 1.165) is 24.9 Å². The van der Waals surface area contributed by atoms with E-state index in [4.69, 9.17) is 0 Å². The third kappa shape index (κ3) is 3.90. The highest BCUT2D eigenvalue weighted by Gasteiger charge is 2.29. The summed E-state index contributed by atoms with van der Waals surface area (Å²) >= 11 is 0. The predicted molar refractivity (Wildman–Crippen MR) is 81.2 cm³/mol. The van der Waals surface area contributed by atoms with Crippen molar-refractivity contribution in [1.29, 1.82) is 0 Å². The zero-order chi connectivity index (χ0) is 14.8. The van der Waals surface area contributed by atoms with Gasteiger partial charge in [-0.3, -0.25) is 9.69 Å². The molecule has 0 bridgehead atoms. The molecule has 1 atom stereocenters. The van der Waals surface area contributed by atoms with Gasteiger partial charge in [0.2, 0.25) is 0 Å². The average molecular weight is 275 g/mol. The summed E-state index contributed by atoms with van der Waals surface area (Å²) in [6.07, 6.45) is 1.77. The molecule has 1 aromatic rings. The van der Waals surface area contributed by atoms with Crippen LogP contribution in [-0.4, -0.2) is 41.0 Å². The minimum atomic E-state index is -0.653. The molecule has 1 aliphatic heterocycles. The zero-order valence-corrected chi connectivity index (χ0v) is 12.7. The molecule has 1 unspecified atom stereocenters. The Morgan fingerprint density at radius 3 is 2.55 bits per heavy atom. The Kier molecular flexibility index (Phi) is 4.61. The normalized spacial score (nSPS) is 24.1. The van der Waals surface area contributed by atoms with Crippen molar-refractivity contribution >= 4 is 5.78 Å². The van der Waals surface area contributed by atoms with Crippen molar-refractivity contribution in [2.45, 2.75) is 45.1 Å². The predicted octanol–water partition coefficient (Wildman–Crippen LogP) is 2.84. The summed E-state index contributed by atoms with van der Waals surface area (Å²) in [6.45, 7) is 8.02. The fraction of sp³-hybridized carbons (Fsp3) is 0.588. The van der Waals surface area contributed by atoms with Crippen LogP contribution >= 0.6 is 0 Å². The highest BCUT2D eigenvalue weighted by atomic mass is 16.3. The van der Waals surface area contributed by atoms with Crippen LogP contribution in [0.1, 0.15) is 55.5 Å². The Bertz CT molecular complexity index is 462. The van der Waals surface area contributed by atoms with Gasteiger partial charge in [0.1, 0.15) is 0 Å². The molecule has 110 valence electrons. The first-order chi connectivity index (χ1) is 9.37. The van der Waals surface area contributed by atoms with E-state index >= 15 is 0 Å². The summed E-state index contributed by atoms with van der Waals surface area (Å²) in [6, 6.07) is 7.90. The standard InChI is InChI=1S/C17H25NO2/c1-13(2)14-5-7-15(8-6-14)16(19)11-18-10-4-9-17(3,20)12-18/h5-8,13,20H,4,9-12H2,1-3H3. The monoisotopic (exact) mass is 275 g/mol. The molecule has 0 amide bonds. The largest absolute Gasteiger partial charge is 0.389 e. The van der Waals surface area contributed by atoms with E-state index in [0.29, 0.717) is 19.0 Å². The lowest BCUT2D eigenvalue weighted by Gasteiger charge is -2.36. The minimum Gasteiger partial charge on any atom is -0.389 e. The Hall–Kier alpha value is -1.19. The first-order valence-electron chi connectivity index (χ1n) is 7.45. The maximum absolute atomic E-state index is 12.3. The zero-order valence-electron chi connectivity index (χ0n) is 12.7. The molecule has 1 aliphatic rings. The van der Waals surface area contributed by atoms with Crippen molar-refractivity contribution in [2.24, 2.45) is 0 Å². The number of carbonyl (C=O) groups is 1. The Labute approximate surface area is 121 Å². The van der Waals surface area contributed by atoms with Gasteiger partial charge in [-0.1, -0.05) is 38.1 Å². The summed E-state index contributed by atoms with van der Waals surface area (Å²) in [5.74, 6) is 0.620. The summed E-state index contributed by atoms with van der Waals surface area (Å²) in [5, 5.41) is 10.1. The molecular weight excluding hydrogens is 250 g/mol. The second-order valence-electron chi connectivity index (χ2n) is 6.51. The van der Waals surface area contributed by atoms with Gasteiger partial charge in [-0.25, -0.2) is 0 Å². The number of piperidine rings is 1. The molecule has 0 saturated carbocycles. The van der Waals surface area contributed by atoms with Crippen LogP contribution in [0.2, 0.25) is 0 Å². The molecule has 2 rings (SSSR count). The Morgan fingerprint density at radius 2 is 2.00 bits per heavy atom. The summed E-state index contributed by atoms with van der Waals surface area (Å²) in [4.78, 5) is 14.3. The van der Waals surface area contributed by atoms with E-state index in [1.165, 1.54) is 5.56 Å². The molecule has 0 radical (unpaired) electrons. The van der Waals surface area contributed by atoms with Gasteiger partial charge in [-0.05, 0) is 37.8 Å². The number of β-amino-alcohol motifs (C(OH)–C–C–N with tert-alkyl or cyclic N) is 1. The number of Topliss-reactive ketones (excluding diaryl/α,β-unsaturated/α-hetero) is 1. The van der Waals surface area contributed by atoms with Crippen LogP contribution in [0, 0.1) is 0 Å². The number of likely N-dealkylation sites (tertiary alicyclic amines) is 1. The molecule has 1 heterocycles. The van der Waals surface area contributed by atoms with Crippen molar-refractivity contribution in [3.05, 3.63) is 35.4 Å². The lowest BCUT2D eigenvalue weighted by atomic mass is 9.94. The number of carbonyl (C=O) groups excluding carboxylic acids is 1. The first kappa shape index (κ1) is 15.2. The van der Waals surface area contributed by atoms with Crippen molar-refractivity contribution in [2.75, 3.05) is 19.6 Å². The van der Waals surface area contributed by atoms with Gasteiger partial charge in [0.25, 0.3) is 0 Å². The SMILES string of the molecule is CC(C)c1ccc(C(=O)CN2CCCC(C)(O)C2)cc1. The van der Waals surface area contributed by atoms with Gasteiger partial charge in [-0.2, -0.15) is 0 Å². The van der Waals surface area contributed by atoms with Crippen LogP contribution < -0.4 is 0 Å². The molecule has 1 saturated heterocycles. The third-order valence-electron chi connectivity index (χ3n) is 4.02. The second kappa shape index (κ2) is 6.06. The van der Waals surface area contributed by atoms with Gasteiger partial charge in [0.15, 0.2) is 5.78 Å². The maximum atomic E-state index is 12.3. The number of rotatable bonds is 4. The van der Waals surface area contributed by atoms with Crippen molar-refractivity contribution in [3.63, 3.8) is 0 Å². The number of hydrogen-bond donors (Lipinski definition) is 1. The second-order valence-corrected chi connectivity index (χ2v) is 6.51. The van der Waals surface area contributed by atoms with Gasteiger partial charge >= 0.3 is 0 Å². The summed E-state index contributed by atoms with van der Waals surface area (Å²) in [5.41, 5.74) is 1.36. The van der Waals surface area contributed by atoms with Crippen molar-refractivity contribution in [3.8, 4) is 0 Å². The number of ketones is 1. The van der Waals surface area contributed by atoms with Crippen LogP contribution in [0.25, 0.3) is 0 Å². The molecule has 0 aromatic heterocycles. The van der Waals surface area contributed by atoms with Crippen LogP contribution in [-0.2, 0) is 0 Å². The van der Waals surface area contributed by atoms with Crippen molar-refractivity contribution < 1.29 is 9.90 Å². The smallest absolute Gasteiger partial charge is 0.176 e. The highest BCUT2D eigenvalue weighted by molar-refractivity contribution is 5.97. The average Bonchev–Trinajstić information content (AvgIpc) is 2.37. The topological polar surface area (TPSA) is 40.5 Å². The third-order valence-corrected chi connectivity index (χ3v) is 4.02. The van der Waals surface area contributed by atoms with E-state index < -0.39 is 5.60 Å². The molecule has 0 aliphatic carbocycles. The van der Waals surface area contributed by atoms with E-state index in [9.17, 15) is 9.90 Å². The van der Waals surface area contributed by atoms with Crippen LogP contribution in [0.5, 0.6) is 0 Å². The first-order valence-corrected chi connectivity index (χ1v) is 7.45. The minimum absolute atomic E-state index is 0.137. The van der Waals surface area contributed by atoms with Crippen LogP contribution in [0.3, 0.4) is 0 Å². The van der Waals surface area contributed by atoms with E-state index in [2.05, 4.69) is 18.7 Å². The molecule has 3 nitrogen and oxygen atoms in total. The van der Waals surface area contributed by atoms with Crippen LogP contribution in [0.4, 0.5) is 0 Å². The number of hydrogen-bond acceptors (Lipinski definition) is 3. The van der Waals surface area contributed by atoms with Gasteiger partial charge < -0.3 is 5.11 Å². The van der Waals surface area contributed by atoms with Crippen LogP contribution in [0.15, 0.2) is 24.3 Å². The molecule has 1 fully saturated rings. The van der Waals surface area contributed by atoms with Gasteiger partial charge in [0, 0.05) is 12.1 Å². The molecule has 3 heteroatoms. The number of nitrogens with zero attached hydrogens (tertiary/aromatic N) is 1. The molecule has 1 aromatic carbocycles. The molecule has 1 N–H and O–H groups in total. The maximum Gasteiger partial charge on any atom is 0.176 e. The lowest BCUT2D eigenvalue weighted by Crippen LogP contribution is -2.47. The number of benzene rings is 1. The Balaban J connectivity index is 1.97. The van der Waals surface area contributed by atoms with E-state index in [1.807, 2.05) is 31.2 Å². The van der Waals surface area contributed by atoms with Gasteiger partial charge in [0.05, 0.1) is 12.1 Å². The van der Waals surface area contributed by atoms with E-state index in [1.54, 1.807) is 0 Å². The number of aliphatic hydroxyl groups is 1. The van der Waals surface area contributed by atoms with Crippen molar-refractivity contribution in [1.82, 2.24) is 4.90 Å². The van der Waals surface area contributed by atoms with E-state index in [-0.39, 0.29) is 5.78 Å². The fourth-order valence-corrected chi connectivity index (χ4v) is 2.81. The van der Waals surface area contributed by atoms with Gasteiger partial charge in [-0.15, -0.1) is 0 Å². The molecular formula is C17H25NO2. The summed E-state index contributed by atoms with van der Waals surface area (Å²) < 4.78 is 0. The quantitative estimate of drug-likeness (QED) is 0.859. The summed E-state index contributed by atoms with van der Waals surface area (Å²) in [7, 11) is 0. The molecule has 20 heavy (non-hydrogen) atoms.